The zero-order valence-electron chi connectivity index (χ0n) is 15.2. The summed E-state index contributed by atoms with van der Waals surface area (Å²) >= 11 is 0. The van der Waals surface area contributed by atoms with Crippen LogP contribution in [0.5, 0.6) is 0 Å². The Hall–Kier alpha value is -2.16. The molecule has 146 valence electrons. The second kappa shape index (κ2) is 9.16. The third-order valence-electron chi connectivity index (χ3n) is 4.55. The van der Waals surface area contributed by atoms with Crippen LogP contribution in [0.2, 0.25) is 0 Å². The fourth-order valence-electron chi connectivity index (χ4n) is 3.08. The Morgan fingerprint density at radius 1 is 1.15 bits per heavy atom. The summed E-state index contributed by atoms with van der Waals surface area (Å²) in [5.41, 5.74) is 0.374. The van der Waals surface area contributed by atoms with Gasteiger partial charge in [-0.1, -0.05) is 18.2 Å². The van der Waals surface area contributed by atoms with Crippen LogP contribution in [-0.2, 0) is 15.6 Å². The van der Waals surface area contributed by atoms with Gasteiger partial charge in [-0.3, -0.25) is 4.79 Å². The number of rotatable bonds is 8. The SMILES string of the molecule is O=C(NCCCN1CCNCC1)c1occc1CS(=O)(=O)c1ccccc1. The van der Waals surface area contributed by atoms with E-state index < -0.39 is 9.84 Å². The van der Waals surface area contributed by atoms with Crippen LogP contribution in [0.25, 0.3) is 0 Å². The van der Waals surface area contributed by atoms with Gasteiger partial charge in [0.1, 0.15) is 0 Å². The predicted molar refractivity (Wildman–Crippen MR) is 102 cm³/mol. The Bertz CT molecular complexity index is 843. The maximum absolute atomic E-state index is 12.5. The minimum Gasteiger partial charge on any atom is -0.459 e. The van der Waals surface area contributed by atoms with Crippen LogP contribution in [0.15, 0.2) is 52.0 Å². The number of hydrogen-bond acceptors (Lipinski definition) is 6. The van der Waals surface area contributed by atoms with Crippen LogP contribution in [0, 0.1) is 0 Å². The summed E-state index contributed by atoms with van der Waals surface area (Å²) in [6.07, 6.45) is 2.19. The summed E-state index contributed by atoms with van der Waals surface area (Å²) in [7, 11) is -3.53. The maximum Gasteiger partial charge on any atom is 0.287 e. The Morgan fingerprint density at radius 2 is 1.89 bits per heavy atom. The second-order valence-electron chi connectivity index (χ2n) is 6.55. The van der Waals surface area contributed by atoms with Gasteiger partial charge in [0.25, 0.3) is 5.91 Å². The monoisotopic (exact) mass is 391 g/mol. The van der Waals surface area contributed by atoms with Crippen LogP contribution < -0.4 is 10.6 Å². The molecule has 1 amide bonds. The van der Waals surface area contributed by atoms with Gasteiger partial charge in [0, 0.05) is 38.3 Å². The summed E-state index contributed by atoms with van der Waals surface area (Å²) in [5.74, 6) is -0.577. The van der Waals surface area contributed by atoms with Crippen molar-refractivity contribution in [2.75, 3.05) is 39.3 Å². The average molecular weight is 391 g/mol. The molecule has 1 aromatic heterocycles. The van der Waals surface area contributed by atoms with Crippen LogP contribution in [0.1, 0.15) is 22.5 Å². The summed E-state index contributed by atoms with van der Waals surface area (Å²) in [6, 6.07) is 9.74. The molecule has 1 saturated heterocycles. The lowest BCUT2D eigenvalue weighted by Gasteiger charge is -2.27. The minimum absolute atomic E-state index is 0.0664. The van der Waals surface area contributed by atoms with E-state index in [-0.39, 0.29) is 22.3 Å². The third-order valence-corrected chi connectivity index (χ3v) is 6.23. The van der Waals surface area contributed by atoms with Crippen molar-refractivity contribution in [1.29, 1.82) is 0 Å². The van der Waals surface area contributed by atoms with E-state index in [1.807, 2.05) is 0 Å². The quantitative estimate of drug-likeness (QED) is 0.659. The first-order valence-corrected chi connectivity index (χ1v) is 10.8. The van der Waals surface area contributed by atoms with Gasteiger partial charge >= 0.3 is 0 Å². The molecule has 1 aromatic carbocycles. The average Bonchev–Trinajstić information content (AvgIpc) is 3.14. The van der Waals surface area contributed by atoms with Crippen LogP contribution >= 0.6 is 0 Å². The Balaban J connectivity index is 1.53. The molecule has 1 aliphatic heterocycles. The van der Waals surface area contributed by atoms with Gasteiger partial charge in [-0.2, -0.15) is 0 Å². The topological polar surface area (TPSA) is 91.7 Å². The van der Waals surface area contributed by atoms with Crippen molar-refractivity contribution < 1.29 is 17.6 Å². The Morgan fingerprint density at radius 3 is 2.63 bits per heavy atom. The lowest BCUT2D eigenvalue weighted by molar-refractivity contribution is 0.0922. The van der Waals surface area contributed by atoms with Crippen molar-refractivity contribution in [3.63, 3.8) is 0 Å². The molecular formula is C19H25N3O4S. The number of amides is 1. The first-order chi connectivity index (χ1) is 13.1. The van der Waals surface area contributed by atoms with E-state index >= 15 is 0 Å². The first kappa shape index (κ1) is 19.6. The minimum atomic E-state index is -3.53. The van der Waals surface area contributed by atoms with E-state index in [0.717, 1.165) is 39.1 Å². The Labute approximate surface area is 159 Å². The third kappa shape index (κ3) is 5.41. The highest BCUT2D eigenvalue weighted by molar-refractivity contribution is 7.90. The maximum atomic E-state index is 12.5. The van der Waals surface area contributed by atoms with E-state index in [2.05, 4.69) is 15.5 Å². The largest absolute Gasteiger partial charge is 0.459 e. The molecule has 2 heterocycles. The van der Waals surface area contributed by atoms with Crippen molar-refractivity contribution in [3.05, 3.63) is 54.0 Å². The smallest absolute Gasteiger partial charge is 0.287 e. The van der Waals surface area contributed by atoms with E-state index in [9.17, 15) is 13.2 Å². The predicted octanol–water partition coefficient (Wildman–Crippen LogP) is 1.28. The lowest BCUT2D eigenvalue weighted by atomic mass is 10.2. The van der Waals surface area contributed by atoms with Crippen molar-refractivity contribution in [2.24, 2.45) is 0 Å². The molecule has 2 N–H and O–H groups in total. The number of nitrogens with one attached hydrogen (secondary N) is 2. The van der Waals surface area contributed by atoms with Gasteiger partial charge in [0.05, 0.1) is 16.9 Å². The van der Waals surface area contributed by atoms with Gasteiger partial charge in [0.2, 0.25) is 0 Å². The zero-order chi connectivity index (χ0) is 19.1. The molecule has 7 nitrogen and oxygen atoms in total. The van der Waals surface area contributed by atoms with Crippen molar-refractivity contribution >= 4 is 15.7 Å². The molecule has 0 atom stereocenters. The summed E-state index contributed by atoms with van der Waals surface area (Å²) < 4.78 is 30.3. The van der Waals surface area contributed by atoms with Crippen LogP contribution in [0.3, 0.4) is 0 Å². The number of sulfone groups is 1. The zero-order valence-corrected chi connectivity index (χ0v) is 16.0. The van der Waals surface area contributed by atoms with Crippen LogP contribution in [0.4, 0.5) is 0 Å². The summed E-state index contributed by atoms with van der Waals surface area (Å²) in [4.78, 5) is 15.0. The summed E-state index contributed by atoms with van der Waals surface area (Å²) in [6.45, 7) is 5.49. The fourth-order valence-corrected chi connectivity index (χ4v) is 4.46. The molecule has 0 spiro atoms. The number of hydrogen-bond donors (Lipinski definition) is 2. The molecule has 8 heteroatoms. The molecule has 0 aliphatic carbocycles. The van der Waals surface area contributed by atoms with E-state index in [1.54, 1.807) is 30.3 Å². The number of furan rings is 1. The highest BCUT2D eigenvalue weighted by Crippen LogP contribution is 2.19. The van der Waals surface area contributed by atoms with Gasteiger partial charge < -0.3 is 20.0 Å². The number of benzene rings is 1. The van der Waals surface area contributed by atoms with Crippen molar-refractivity contribution in [1.82, 2.24) is 15.5 Å². The van der Waals surface area contributed by atoms with Crippen molar-refractivity contribution in [2.45, 2.75) is 17.1 Å². The van der Waals surface area contributed by atoms with E-state index in [0.29, 0.717) is 12.1 Å². The fraction of sp³-hybridized carbons (Fsp3) is 0.421. The molecule has 3 rings (SSSR count). The molecule has 0 bridgehead atoms. The van der Waals surface area contributed by atoms with Gasteiger partial charge in [-0.25, -0.2) is 8.42 Å². The molecule has 0 saturated carbocycles. The van der Waals surface area contributed by atoms with Gasteiger partial charge in [-0.05, 0) is 31.2 Å². The van der Waals surface area contributed by atoms with E-state index in [4.69, 9.17) is 4.42 Å². The number of carbonyl (C=O) groups is 1. The first-order valence-electron chi connectivity index (χ1n) is 9.12. The van der Waals surface area contributed by atoms with E-state index in [1.165, 1.54) is 12.3 Å². The number of carbonyl (C=O) groups excluding carboxylic acids is 1. The number of nitrogens with zero attached hydrogens (tertiary/aromatic N) is 1. The highest BCUT2D eigenvalue weighted by atomic mass is 32.2. The van der Waals surface area contributed by atoms with Crippen LogP contribution in [-0.4, -0.2) is 58.5 Å². The molecule has 2 aromatic rings. The molecule has 1 fully saturated rings. The molecule has 1 aliphatic rings. The molecule has 27 heavy (non-hydrogen) atoms. The molecule has 0 radical (unpaired) electrons. The van der Waals surface area contributed by atoms with Crippen molar-refractivity contribution in [3.8, 4) is 0 Å². The highest BCUT2D eigenvalue weighted by Gasteiger charge is 2.22. The second-order valence-corrected chi connectivity index (χ2v) is 8.54. The molecule has 0 unspecified atom stereocenters. The summed E-state index contributed by atoms with van der Waals surface area (Å²) in [5, 5.41) is 6.13. The Kier molecular flexibility index (Phi) is 6.65. The van der Waals surface area contributed by atoms with Gasteiger partial charge in [-0.15, -0.1) is 0 Å². The molecular weight excluding hydrogens is 366 g/mol. The normalized spacial score (nSPS) is 15.6. The number of piperazine rings is 1. The standard InChI is InChI=1S/C19H25N3O4S/c23-19(21-8-4-11-22-12-9-20-10-13-22)18-16(7-14-26-18)15-27(24,25)17-5-2-1-3-6-17/h1-3,5-7,14,20H,4,8-13,15H2,(H,21,23). The lowest BCUT2D eigenvalue weighted by Crippen LogP contribution is -2.44. The van der Waals surface area contributed by atoms with Gasteiger partial charge in [0.15, 0.2) is 15.6 Å².